The van der Waals surface area contributed by atoms with E-state index in [-0.39, 0.29) is 22.4 Å². The van der Waals surface area contributed by atoms with Crippen molar-refractivity contribution in [2.45, 2.75) is 25.2 Å². The lowest BCUT2D eigenvalue weighted by Gasteiger charge is -2.41. The Hall–Kier alpha value is -1.63. The lowest BCUT2D eigenvalue weighted by molar-refractivity contribution is -0.907. The van der Waals surface area contributed by atoms with E-state index in [1.165, 1.54) is 24.1 Å². The van der Waals surface area contributed by atoms with Crippen LogP contribution < -0.4 is 17.0 Å². The first kappa shape index (κ1) is 18.2. The molecular weight excluding hydrogens is 372 g/mol. The summed E-state index contributed by atoms with van der Waals surface area (Å²) in [5, 5.41) is 10.6. The summed E-state index contributed by atoms with van der Waals surface area (Å²) >= 11 is 0. The normalized spacial score (nSPS) is 27.5. The van der Waals surface area contributed by atoms with Gasteiger partial charge in [-0.2, -0.15) is 5.26 Å². The molecule has 2 fully saturated rings. The Labute approximate surface area is 161 Å². The van der Waals surface area contributed by atoms with Crippen LogP contribution in [0.3, 0.4) is 0 Å². The van der Waals surface area contributed by atoms with Crippen LogP contribution in [0.15, 0.2) is 60.7 Å². The third kappa shape index (κ3) is 2.46. The smallest absolute Gasteiger partial charge is 0.118 e. The van der Waals surface area contributed by atoms with Gasteiger partial charge in [-0.05, 0) is 18.1 Å². The molecule has 2 aromatic carbocycles. The van der Waals surface area contributed by atoms with Gasteiger partial charge in [-0.15, -0.1) is 0 Å². The molecule has 0 amide bonds. The second-order valence-corrected chi connectivity index (χ2v) is 7.64. The lowest BCUT2D eigenvalue weighted by Crippen LogP contribution is -3.00. The molecule has 3 heteroatoms. The first-order valence-corrected chi connectivity index (χ1v) is 9.08. The summed E-state index contributed by atoms with van der Waals surface area (Å²) in [5.41, 5.74) is 1.84. The zero-order valence-corrected chi connectivity index (χ0v) is 16.4. The highest BCUT2D eigenvalue weighted by molar-refractivity contribution is 5.49. The second-order valence-electron chi connectivity index (χ2n) is 7.64. The number of halogens is 1. The topological polar surface area (TPSA) is 23.8 Å². The number of benzene rings is 2. The van der Waals surface area contributed by atoms with Gasteiger partial charge in [-0.3, -0.25) is 0 Å². The Balaban J connectivity index is 0.00000182. The summed E-state index contributed by atoms with van der Waals surface area (Å²) in [6.07, 6.45) is 2.30. The average Bonchev–Trinajstić information content (AvgIpc) is 3.23. The minimum Gasteiger partial charge on any atom is -1.00 e. The second kappa shape index (κ2) is 6.59. The van der Waals surface area contributed by atoms with Crippen molar-refractivity contribution in [2.24, 2.45) is 5.41 Å². The van der Waals surface area contributed by atoms with Crippen molar-refractivity contribution < 1.29 is 21.5 Å². The molecule has 0 saturated carbocycles. The Bertz CT molecular complexity index is 716. The molecule has 2 aromatic rings. The van der Waals surface area contributed by atoms with Crippen molar-refractivity contribution in [3.05, 3.63) is 71.8 Å². The molecule has 0 aromatic heterocycles. The van der Waals surface area contributed by atoms with Gasteiger partial charge in [0.2, 0.25) is 0 Å². The van der Waals surface area contributed by atoms with E-state index in [1.54, 1.807) is 0 Å². The highest BCUT2D eigenvalue weighted by Gasteiger charge is 2.65. The van der Waals surface area contributed by atoms with Crippen LogP contribution in [0.4, 0.5) is 0 Å². The van der Waals surface area contributed by atoms with E-state index in [4.69, 9.17) is 0 Å². The van der Waals surface area contributed by atoms with Gasteiger partial charge in [0.25, 0.3) is 0 Å². The van der Waals surface area contributed by atoms with E-state index < -0.39 is 5.41 Å². The summed E-state index contributed by atoms with van der Waals surface area (Å²) < 4.78 is 1.20. The SMILES string of the molecule is CC[N+]12CCC(C(C#N)(c3ccccc3)c3ccccc3)(CC1)C2.[Br-]. The fraction of sp³-hybridized carbons (Fsp3) is 0.409. The molecule has 2 saturated heterocycles. The van der Waals surface area contributed by atoms with E-state index in [2.05, 4.69) is 61.5 Å². The van der Waals surface area contributed by atoms with E-state index in [0.717, 1.165) is 30.5 Å². The molecule has 0 unspecified atom stereocenters. The van der Waals surface area contributed by atoms with E-state index in [9.17, 15) is 5.26 Å². The Morgan fingerprint density at radius 3 is 1.80 bits per heavy atom. The molecule has 0 N–H and O–H groups in total. The maximum atomic E-state index is 10.6. The fourth-order valence-corrected chi connectivity index (χ4v) is 5.42. The van der Waals surface area contributed by atoms with Crippen LogP contribution in [0.25, 0.3) is 0 Å². The summed E-state index contributed by atoms with van der Waals surface area (Å²) in [6.45, 7) is 7.08. The zero-order chi connectivity index (χ0) is 16.7. The maximum absolute atomic E-state index is 10.6. The molecular formula is C22H25BrN2. The standard InChI is InChI=1S/C22H25N2.BrH/c1-2-24-15-13-21(18-24,14-16-24)22(17-23,19-9-5-3-6-10-19)20-11-7-4-8-12-20;/h3-12H,2,13-16,18H2,1H3;1H/q+1;/p-1. The first-order valence-electron chi connectivity index (χ1n) is 9.08. The molecule has 0 aliphatic carbocycles. The Morgan fingerprint density at radius 1 is 0.960 bits per heavy atom. The van der Waals surface area contributed by atoms with E-state index in [0.29, 0.717) is 0 Å². The van der Waals surface area contributed by atoms with Crippen LogP contribution >= 0.6 is 0 Å². The van der Waals surface area contributed by atoms with Crippen LogP contribution in [-0.4, -0.2) is 30.7 Å². The molecule has 2 bridgehead atoms. The molecule has 4 rings (SSSR count). The molecule has 25 heavy (non-hydrogen) atoms. The van der Waals surface area contributed by atoms with E-state index in [1.807, 2.05) is 12.1 Å². The van der Waals surface area contributed by atoms with Gasteiger partial charge >= 0.3 is 0 Å². The minimum atomic E-state index is -0.540. The molecule has 0 radical (unpaired) electrons. The highest BCUT2D eigenvalue weighted by atomic mass is 79.9. The zero-order valence-electron chi connectivity index (χ0n) is 14.8. The molecule has 0 spiro atoms. The predicted octanol–water partition coefficient (Wildman–Crippen LogP) is 1.13. The lowest BCUT2D eigenvalue weighted by atomic mass is 9.56. The first-order chi connectivity index (χ1) is 11.7. The summed E-state index contributed by atoms with van der Waals surface area (Å²) in [7, 11) is 0. The molecule has 2 aliphatic heterocycles. The highest BCUT2D eigenvalue weighted by Crippen LogP contribution is 2.59. The maximum Gasteiger partial charge on any atom is 0.118 e. The number of nitriles is 1. The molecule has 0 atom stereocenters. The van der Waals surface area contributed by atoms with Crippen LogP contribution in [0.5, 0.6) is 0 Å². The van der Waals surface area contributed by atoms with Crippen molar-refractivity contribution in [2.75, 3.05) is 26.2 Å². The van der Waals surface area contributed by atoms with Gasteiger partial charge in [0.15, 0.2) is 0 Å². The van der Waals surface area contributed by atoms with Crippen molar-refractivity contribution >= 4 is 0 Å². The van der Waals surface area contributed by atoms with Crippen molar-refractivity contribution in [1.29, 1.82) is 5.26 Å². The van der Waals surface area contributed by atoms with Crippen molar-refractivity contribution in [3.8, 4) is 6.07 Å². The largest absolute Gasteiger partial charge is 1.00 e. The van der Waals surface area contributed by atoms with Crippen LogP contribution in [0.1, 0.15) is 30.9 Å². The van der Waals surface area contributed by atoms with Gasteiger partial charge < -0.3 is 21.5 Å². The van der Waals surface area contributed by atoms with Crippen molar-refractivity contribution in [3.63, 3.8) is 0 Å². The van der Waals surface area contributed by atoms with Crippen LogP contribution in [0, 0.1) is 16.7 Å². The third-order valence-corrected chi connectivity index (χ3v) is 6.82. The van der Waals surface area contributed by atoms with Crippen molar-refractivity contribution in [1.82, 2.24) is 0 Å². The number of hydrogen-bond donors (Lipinski definition) is 0. The number of hydrogen-bond acceptors (Lipinski definition) is 1. The quantitative estimate of drug-likeness (QED) is 0.710. The predicted molar refractivity (Wildman–Crippen MR) is 96.3 cm³/mol. The van der Waals surface area contributed by atoms with Gasteiger partial charge in [-0.1, -0.05) is 60.7 Å². The van der Waals surface area contributed by atoms with Gasteiger partial charge in [0.05, 0.1) is 37.7 Å². The number of quaternary nitrogens is 1. The number of piperidine rings is 1. The average molecular weight is 397 g/mol. The summed E-state index contributed by atoms with van der Waals surface area (Å²) in [4.78, 5) is 0. The summed E-state index contributed by atoms with van der Waals surface area (Å²) in [5.74, 6) is 0. The molecule has 2 nitrogen and oxygen atoms in total. The van der Waals surface area contributed by atoms with Gasteiger partial charge in [0.1, 0.15) is 5.41 Å². The molecule has 2 aliphatic rings. The van der Waals surface area contributed by atoms with Gasteiger partial charge in [0, 0.05) is 12.8 Å². The Kier molecular flexibility index (Phi) is 4.79. The number of rotatable bonds is 4. The van der Waals surface area contributed by atoms with Gasteiger partial charge in [-0.25, -0.2) is 0 Å². The molecule has 2 heterocycles. The minimum absolute atomic E-state index is 0. The number of fused-ring (bicyclic) bond motifs is 2. The fourth-order valence-electron chi connectivity index (χ4n) is 5.42. The Morgan fingerprint density at radius 2 is 1.44 bits per heavy atom. The number of nitrogens with zero attached hydrogens (tertiary/aromatic N) is 2. The van der Waals surface area contributed by atoms with Crippen LogP contribution in [-0.2, 0) is 5.41 Å². The third-order valence-electron chi connectivity index (χ3n) is 6.82. The molecule has 130 valence electrons. The monoisotopic (exact) mass is 396 g/mol. The van der Waals surface area contributed by atoms with Crippen LogP contribution in [0.2, 0.25) is 0 Å². The summed E-state index contributed by atoms with van der Waals surface area (Å²) in [6, 6.07) is 23.9. The van der Waals surface area contributed by atoms with E-state index >= 15 is 0 Å².